The summed E-state index contributed by atoms with van der Waals surface area (Å²) in [6.45, 7) is 18.5. The zero-order valence-corrected chi connectivity index (χ0v) is 38.2. The fourth-order valence-corrected chi connectivity index (χ4v) is 13.6. The molecule has 0 atom stereocenters. The van der Waals surface area contributed by atoms with Crippen LogP contribution < -0.4 is 47.8 Å². The second kappa shape index (κ2) is 12.9. The van der Waals surface area contributed by atoms with Gasteiger partial charge in [-0.3, -0.25) is 0 Å². The Morgan fingerprint density at radius 2 is 0.500 bits per heavy atom. The van der Waals surface area contributed by atoms with Gasteiger partial charge in [0.15, 0.2) is 0 Å². The van der Waals surface area contributed by atoms with Crippen LogP contribution in [0.5, 0.6) is 0 Å². The zero-order valence-electron chi connectivity index (χ0n) is 38.2. The Labute approximate surface area is 397 Å². The molecular weight excluding hydrogens is 825 g/mol. The summed E-state index contributed by atoms with van der Waals surface area (Å²) >= 11 is 0. The van der Waals surface area contributed by atoms with E-state index in [0.29, 0.717) is 0 Å². The van der Waals surface area contributed by atoms with Gasteiger partial charge in [0.05, 0.1) is 10.8 Å². The normalized spacial score (nSPS) is 18.8. The average Bonchev–Trinajstić information content (AvgIpc) is 3.91. The molecule has 6 nitrogen and oxygen atoms in total. The lowest BCUT2D eigenvalue weighted by atomic mass is 9.59. The van der Waals surface area contributed by atoms with Crippen LogP contribution in [-0.4, -0.2) is 20.9 Å². The number of hydrogen-bond donors (Lipinski definition) is 6. The number of benzene rings is 9. The largest absolute Gasteiger partial charge is 0.406 e. The van der Waals surface area contributed by atoms with Crippen LogP contribution in [0.4, 0.5) is 34.1 Å². The van der Waals surface area contributed by atoms with E-state index < -0.39 is 10.8 Å². The van der Waals surface area contributed by atoms with E-state index >= 15 is 0 Å². The standard InChI is InChI=1S/C59H45B3N6/c1-31(2)34-7-13-37(14-8-34)60-63-46-25-19-40-52-41(20-26-47(64-60)55(46)52)59-43-22-28-49-56-48(65-61(66-49)38-15-9-35(10-16-38)32(3)4)27-21-42(53(43)56)58(40,59)44-23-29-50-57-51(30-24-45(59)54(44)57)68-62(67-50)39-17-11-36(12-18-39)33(5)6/h7-30,63-68H,1,3,5H2,2,4,6H3. The van der Waals surface area contributed by atoms with E-state index in [2.05, 4.69) is 217 Å². The van der Waals surface area contributed by atoms with Crippen molar-refractivity contribution in [2.24, 2.45) is 0 Å². The molecule has 0 amide bonds. The van der Waals surface area contributed by atoms with Crippen molar-refractivity contribution in [3.05, 3.63) is 215 Å². The maximum absolute atomic E-state index is 4.17. The Kier molecular flexibility index (Phi) is 7.23. The van der Waals surface area contributed by atoms with Crippen molar-refractivity contribution < 1.29 is 0 Å². The molecule has 0 fully saturated rings. The minimum absolute atomic E-state index is 0.0768. The minimum atomic E-state index is -0.537. The predicted molar refractivity (Wildman–Crippen MR) is 293 cm³/mol. The molecule has 0 spiro atoms. The molecule has 3 aliphatic carbocycles. The first kappa shape index (κ1) is 38.1. The van der Waals surface area contributed by atoms with Crippen LogP contribution in [0.15, 0.2) is 165 Å². The van der Waals surface area contributed by atoms with Crippen molar-refractivity contribution in [3.8, 4) is 0 Å². The monoisotopic (exact) mass is 870 g/mol. The molecule has 9 aromatic carbocycles. The summed E-state index contributed by atoms with van der Waals surface area (Å²) in [5.41, 5.74) is 24.3. The summed E-state index contributed by atoms with van der Waals surface area (Å²) in [5.74, 6) is 0. The van der Waals surface area contributed by atoms with Crippen LogP contribution in [0.1, 0.15) is 70.8 Å². The molecule has 0 aromatic heterocycles. The molecule has 320 valence electrons. The smallest absolute Gasteiger partial charge is 0.405 e. The highest BCUT2D eigenvalue weighted by molar-refractivity contribution is 6.81. The lowest BCUT2D eigenvalue weighted by Crippen LogP contribution is -2.48. The quantitative estimate of drug-likeness (QED) is 0.0936. The Bertz CT molecular complexity index is 3310. The molecular formula is C59H45B3N6. The van der Waals surface area contributed by atoms with Crippen molar-refractivity contribution in [1.29, 1.82) is 0 Å². The molecule has 9 aromatic rings. The number of nitrogens with one attached hydrogen (secondary N) is 6. The lowest BCUT2D eigenvalue weighted by Gasteiger charge is -2.40. The highest BCUT2D eigenvalue weighted by atomic mass is 15.0. The van der Waals surface area contributed by atoms with E-state index in [-0.39, 0.29) is 20.9 Å². The van der Waals surface area contributed by atoms with Crippen LogP contribution in [0.3, 0.4) is 0 Å². The van der Waals surface area contributed by atoms with E-state index in [1.54, 1.807) is 0 Å². The highest BCUT2D eigenvalue weighted by Crippen LogP contribution is 2.77. The molecule has 0 bridgehead atoms. The third-order valence-electron chi connectivity index (χ3n) is 16.5. The van der Waals surface area contributed by atoms with Gasteiger partial charge in [-0.25, -0.2) is 0 Å². The van der Waals surface area contributed by atoms with E-state index in [4.69, 9.17) is 0 Å². The Hall–Kier alpha value is -8.03. The average molecular weight is 870 g/mol. The molecule has 6 N–H and O–H groups in total. The molecule has 3 heterocycles. The molecule has 9 heteroatoms. The molecule has 0 unspecified atom stereocenters. The van der Waals surface area contributed by atoms with Gasteiger partial charge in [-0.1, -0.05) is 146 Å². The fraction of sp³-hybridized carbons (Fsp3) is 0.0847. The van der Waals surface area contributed by atoms with Crippen LogP contribution in [0, 0.1) is 0 Å². The first-order valence-corrected chi connectivity index (χ1v) is 23.8. The van der Waals surface area contributed by atoms with Crippen LogP contribution >= 0.6 is 0 Å². The van der Waals surface area contributed by atoms with Gasteiger partial charge in [0.1, 0.15) is 0 Å². The summed E-state index contributed by atoms with van der Waals surface area (Å²) in [6, 6.07) is 55.3. The topological polar surface area (TPSA) is 72.2 Å². The molecule has 6 aliphatic rings. The minimum Gasteiger partial charge on any atom is -0.405 e. The number of anilines is 6. The summed E-state index contributed by atoms with van der Waals surface area (Å²) in [5, 5.41) is 31.5. The fourth-order valence-electron chi connectivity index (χ4n) is 13.6. The summed E-state index contributed by atoms with van der Waals surface area (Å²) in [7, 11) is 0. The third-order valence-corrected chi connectivity index (χ3v) is 16.5. The third kappa shape index (κ3) is 4.48. The van der Waals surface area contributed by atoms with Gasteiger partial charge in [-0.2, -0.15) is 0 Å². The lowest BCUT2D eigenvalue weighted by molar-refractivity contribution is 0.492. The summed E-state index contributed by atoms with van der Waals surface area (Å²) in [6.07, 6.45) is 0. The van der Waals surface area contributed by atoms with Gasteiger partial charge < -0.3 is 31.4 Å². The Morgan fingerprint density at radius 3 is 0.691 bits per heavy atom. The van der Waals surface area contributed by atoms with Gasteiger partial charge >= 0.3 is 20.9 Å². The maximum Gasteiger partial charge on any atom is 0.406 e. The molecule has 68 heavy (non-hydrogen) atoms. The maximum atomic E-state index is 4.17. The molecule has 0 saturated carbocycles. The van der Waals surface area contributed by atoms with E-state index in [9.17, 15) is 0 Å². The van der Waals surface area contributed by atoms with E-state index in [1.807, 2.05) is 0 Å². The molecule has 3 aliphatic heterocycles. The molecule has 15 rings (SSSR count). The van der Waals surface area contributed by atoms with E-state index in [0.717, 1.165) is 67.5 Å². The molecule has 0 saturated heterocycles. The highest BCUT2D eigenvalue weighted by Gasteiger charge is 2.70. The van der Waals surface area contributed by atoms with Crippen molar-refractivity contribution in [2.45, 2.75) is 31.6 Å². The first-order valence-electron chi connectivity index (χ1n) is 23.8. The van der Waals surface area contributed by atoms with Crippen molar-refractivity contribution >= 4 is 120 Å². The Morgan fingerprint density at radius 1 is 0.294 bits per heavy atom. The zero-order chi connectivity index (χ0) is 45.5. The first-order chi connectivity index (χ1) is 33.1. The van der Waals surface area contributed by atoms with Gasteiger partial charge in [-0.05, 0) is 140 Å². The SMILES string of the molecule is C=C(C)c1ccc(B2Nc3ccc4c5c(ccc(c35)N2)C23c5ccc6c7c(ccc(c57)C42c2ccc4c5c(ccc3c25)NB(c2ccc(C(=C)C)cc2)N4)NB(c2ccc(C(=C)C)cc2)N6)cc1. The van der Waals surface area contributed by atoms with Crippen LogP contribution in [0.2, 0.25) is 0 Å². The van der Waals surface area contributed by atoms with E-state index in [1.165, 1.54) is 82.1 Å². The second-order valence-corrected chi connectivity index (χ2v) is 20.1. The summed E-state index contributed by atoms with van der Waals surface area (Å²) in [4.78, 5) is 0. The van der Waals surface area contributed by atoms with Crippen LogP contribution in [0.25, 0.3) is 49.0 Å². The van der Waals surface area contributed by atoms with Gasteiger partial charge in [-0.15, -0.1) is 0 Å². The summed E-state index contributed by atoms with van der Waals surface area (Å²) < 4.78 is 0. The van der Waals surface area contributed by atoms with Gasteiger partial charge in [0.2, 0.25) is 0 Å². The predicted octanol–water partition coefficient (Wildman–Crippen LogP) is 11.3. The number of rotatable bonds is 6. The van der Waals surface area contributed by atoms with Gasteiger partial charge in [0.25, 0.3) is 0 Å². The second-order valence-electron chi connectivity index (χ2n) is 20.1. The Balaban J connectivity index is 0.942. The van der Waals surface area contributed by atoms with Crippen molar-refractivity contribution in [1.82, 2.24) is 0 Å². The molecule has 0 radical (unpaired) electrons. The number of allylic oxidation sites excluding steroid dienone is 3. The van der Waals surface area contributed by atoms with Gasteiger partial charge in [0, 0.05) is 50.3 Å². The number of hydrogen-bond acceptors (Lipinski definition) is 6. The van der Waals surface area contributed by atoms with Crippen molar-refractivity contribution in [2.75, 3.05) is 31.4 Å². The van der Waals surface area contributed by atoms with Crippen molar-refractivity contribution in [3.63, 3.8) is 0 Å². The van der Waals surface area contributed by atoms with Crippen LogP contribution in [-0.2, 0) is 10.8 Å².